The largest absolute Gasteiger partial charge is 0.358 e. The van der Waals surface area contributed by atoms with Crippen molar-refractivity contribution >= 4 is 38.4 Å². The van der Waals surface area contributed by atoms with E-state index in [0.717, 1.165) is 27.2 Å². The van der Waals surface area contributed by atoms with E-state index < -0.39 is 0 Å². The maximum Gasteiger partial charge on any atom is 0.262 e. The highest BCUT2D eigenvalue weighted by Crippen LogP contribution is 2.26. The average molecular weight is 395 g/mol. The second-order valence-corrected chi connectivity index (χ2v) is 8.49. The predicted molar refractivity (Wildman–Crippen MR) is 113 cm³/mol. The fourth-order valence-electron chi connectivity index (χ4n) is 3.52. The molecule has 1 aromatic carbocycles. The third-order valence-corrected chi connectivity index (χ3v) is 6.03. The number of hydrogen-bond donors (Lipinski definition) is 2. The summed E-state index contributed by atoms with van der Waals surface area (Å²) in [6, 6.07) is 6.05. The van der Waals surface area contributed by atoms with Crippen LogP contribution in [0.15, 0.2) is 29.3 Å². The van der Waals surface area contributed by atoms with Crippen LogP contribution in [0.2, 0.25) is 0 Å². The molecular weight excluding hydrogens is 372 g/mol. The van der Waals surface area contributed by atoms with Crippen molar-refractivity contribution in [2.45, 2.75) is 40.8 Å². The summed E-state index contributed by atoms with van der Waals surface area (Å²) in [5.41, 5.74) is 5.41. The van der Waals surface area contributed by atoms with E-state index in [-0.39, 0.29) is 18.0 Å². The number of carbonyl (C=O) groups excluding carboxylic acids is 1. The Morgan fingerprint density at radius 1 is 1.18 bits per heavy atom. The number of rotatable bonds is 4. The summed E-state index contributed by atoms with van der Waals surface area (Å²) < 4.78 is 1.36. The number of aryl methyl sites for hydroxylation is 4. The minimum Gasteiger partial charge on any atom is -0.358 e. The van der Waals surface area contributed by atoms with Gasteiger partial charge in [0.25, 0.3) is 5.56 Å². The van der Waals surface area contributed by atoms with Gasteiger partial charge in [0.2, 0.25) is 5.91 Å². The Morgan fingerprint density at radius 2 is 1.96 bits per heavy atom. The number of H-pyrrole nitrogens is 1. The van der Waals surface area contributed by atoms with Gasteiger partial charge in [-0.3, -0.25) is 14.2 Å². The van der Waals surface area contributed by atoms with Gasteiger partial charge in [0.15, 0.2) is 0 Å². The summed E-state index contributed by atoms with van der Waals surface area (Å²) in [6.45, 7) is 8.49. The number of carbonyl (C=O) groups is 1. The van der Waals surface area contributed by atoms with Gasteiger partial charge < -0.3 is 10.3 Å². The lowest BCUT2D eigenvalue weighted by molar-refractivity contribution is -0.121. The molecule has 3 aromatic heterocycles. The Bertz CT molecular complexity index is 1280. The fraction of sp³-hybridized carbons (Fsp3) is 0.286. The molecule has 2 N–H and O–H groups in total. The van der Waals surface area contributed by atoms with Crippen LogP contribution >= 0.6 is 11.3 Å². The highest BCUT2D eigenvalue weighted by molar-refractivity contribution is 7.18. The second-order valence-electron chi connectivity index (χ2n) is 7.25. The molecule has 4 rings (SSSR count). The summed E-state index contributed by atoms with van der Waals surface area (Å²) in [4.78, 5) is 34.5. The van der Waals surface area contributed by atoms with E-state index in [4.69, 9.17) is 0 Å². The van der Waals surface area contributed by atoms with Crippen molar-refractivity contribution in [3.63, 3.8) is 0 Å². The molecule has 0 saturated carbocycles. The van der Waals surface area contributed by atoms with Gasteiger partial charge in [0.05, 0.1) is 17.2 Å². The molecule has 0 radical (unpaired) electrons. The highest BCUT2D eigenvalue weighted by atomic mass is 32.1. The number of aromatic amines is 1. The first-order valence-corrected chi connectivity index (χ1v) is 9.96. The average Bonchev–Trinajstić information content (AvgIpc) is 3.16. The number of fused-ring (bicyclic) bond motifs is 2. The van der Waals surface area contributed by atoms with E-state index in [1.165, 1.54) is 33.2 Å². The van der Waals surface area contributed by atoms with E-state index in [2.05, 4.69) is 48.2 Å². The maximum atomic E-state index is 12.6. The second kappa shape index (κ2) is 6.91. The number of nitrogens with zero attached hydrogens (tertiary/aromatic N) is 2. The molecule has 28 heavy (non-hydrogen) atoms. The zero-order valence-electron chi connectivity index (χ0n) is 16.3. The summed E-state index contributed by atoms with van der Waals surface area (Å²) in [7, 11) is 0. The maximum absolute atomic E-state index is 12.6. The van der Waals surface area contributed by atoms with Crippen LogP contribution in [0.1, 0.15) is 27.3 Å². The molecule has 6 nitrogen and oxygen atoms in total. The van der Waals surface area contributed by atoms with Crippen molar-refractivity contribution in [1.29, 1.82) is 0 Å². The number of aromatic nitrogens is 3. The summed E-state index contributed by atoms with van der Waals surface area (Å²) in [5, 5.41) is 4.68. The topological polar surface area (TPSA) is 79.8 Å². The normalized spacial score (nSPS) is 11.4. The number of amides is 1. The predicted octanol–water partition coefficient (Wildman–Crippen LogP) is 3.49. The molecule has 0 spiro atoms. The van der Waals surface area contributed by atoms with Crippen LogP contribution < -0.4 is 10.9 Å². The van der Waals surface area contributed by atoms with Crippen molar-refractivity contribution in [3.05, 3.63) is 62.1 Å². The van der Waals surface area contributed by atoms with E-state index >= 15 is 0 Å². The van der Waals surface area contributed by atoms with Gasteiger partial charge in [-0.1, -0.05) is 11.6 Å². The Kier molecular flexibility index (Phi) is 4.55. The quantitative estimate of drug-likeness (QED) is 0.556. The molecule has 0 aliphatic rings. The minimum absolute atomic E-state index is 0.0472. The number of hydrogen-bond acceptors (Lipinski definition) is 4. The zero-order chi connectivity index (χ0) is 20.0. The van der Waals surface area contributed by atoms with Gasteiger partial charge in [-0.2, -0.15) is 0 Å². The standard InChI is InChI=1S/C21H22N4O2S/c1-11-5-15(19-16(6-11)13(3)14(4)24-19)8-22-18(26)9-25-10-23-20-17(21(25)27)7-12(2)28-20/h5-7,10,24H,8-9H2,1-4H3,(H,22,26). The van der Waals surface area contributed by atoms with Gasteiger partial charge in [0.1, 0.15) is 11.4 Å². The molecule has 7 heteroatoms. The fourth-order valence-corrected chi connectivity index (χ4v) is 4.36. The molecule has 0 saturated heterocycles. The summed E-state index contributed by atoms with van der Waals surface area (Å²) in [5.74, 6) is -0.218. The van der Waals surface area contributed by atoms with Gasteiger partial charge in [-0.15, -0.1) is 11.3 Å². The van der Waals surface area contributed by atoms with Crippen molar-refractivity contribution in [2.24, 2.45) is 0 Å². The van der Waals surface area contributed by atoms with Crippen molar-refractivity contribution in [1.82, 2.24) is 19.9 Å². The molecule has 0 unspecified atom stereocenters. The SMILES string of the molecule is Cc1cc(CNC(=O)Cn2cnc3sc(C)cc3c2=O)c2[nH]c(C)c(C)c2c1. The summed E-state index contributed by atoms with van der Waals surface area (Å²) >= 11 is 1.48. The van der Waals surface area contributed by atoms with Crippen LogP contribution in [0.5, 0.6) is 0 Å². The van der Waals surface area contributed by atoms with Gasteiger partial charge >= 0.3 is 0 Å². The Balaban J connectivity index is 1.54. The van der Waals surface area contributed by atoms with Gasteiger partial charge in [0, 0.05) is 22.5 Å². The Labute approximate surface area is 166 Å². The first-order chi connectivity index (χ1) is 13.3. The lowest BCUT2D eigenvalue weighted by Gasteiger charge is -2.09. The molecule has 0 aliphatic carbocycles. The summed E-state index contributed by atoms with van der Waals surface area (Å²) in [6.07, 6.45) is 1.45. The monoisotopic (exact) mass is 394 g/mol. The Hall–Kier alpha value is -2.93. The van der Waals surface area contributed by atoms with Gasteiger partial charge in [-0.05, 0) is 51.0 Å². The van der Waals surface area contributed by atoms with Crippen LogP contribution in [0.25, 0.3) is 21.1 Å². The molecule has 0 fully saturated rings. The molecule has 0 aliphatic heterocycles. The first-order valence-electron chi connectivity index (χ1n) is 9.14. The lowest BCUT2D eigenvalue weighted by atomic mass is 10.0. The molecule has 1 amide bonds. The number of benzene rings is 1. The number of nitrogens with one attached hydrogen (secondary N) is 2. The third-order valence-electron chi connectivity index (χ3n) is 5.07. The van der Waals surface area contributed by atoms with Crippen molar-refractivity contribution in [3.8, 4) is 0 Å². The molecule has 3 heterocycles. The Morgan fingerprint density at radius 3 is 2.75 bits per heavy atom. The molecule has 144 valence electrons. The minimum atomic E-state index is -0.218. The van der Waals surface area contributed by atoms with E-state index in [1.807, 2.05) is 13.0 Å². The van der Waals surface area contributed by atoms with E-state index in [9.17, 15) is 9.59 Å². The number of thiophene rings is 1. The van der Waals surface area contributed by atoms with E-state index in [1.54, 1.807) is 0 Å². The molecular formula is C21H22N4O2S. The van der Waals surface area contributed by atoms with Crippen LogP contribution in [-0.2, 0) is 17.9 Å². The van der Waals surface area contributed by atoms with Crippen LogP contribution in [0, 0.1) is 27.7 Å². The first kappa shape index (κ1) is 18.4. The van der Waals surface area contributed by atoms with E-state index in [0.29, 0.717) is 16.8 Å². The lowest BCUT2D eigenvalue weighted by Crippen LogP contribution is -2.32. The third kappa shape index (κ3) is 3.22. The van der Waals surface area contributed by atoms with Gasteiger partial charge in [-0.25, -0.2) is 4.98 Å². The molecule has 0 bridgehead atoms. The molecule has 4 aromatic rings. The van der Waals surface area contributed by atoms with Crippen molar-refractivity contribution < 1.29 is 4.79 Å². The van der Waals surface area contributed by atoms with Crippen LogP contribution in [0.3, 0.4) is 0 Å². The smallest absolute Gasteiger partial charge is 0.262 e. The molecule has 0 atom stereocenters. The van der Waals surface area contributed by atoms with Crippen molar-refractivity contribution in [2.75, 3.05) is 0 Å². The zero-order valence-corrected chi connectivity index (χ0v) is 17.2. The highest BCUT2D eigenvalue weighted by Gasteiger charge is 2.13. The van der Waals surface area contributed by atoms with Crippen LogP contribution in [-0.4, -0.2) is 20.4 Å². The van der Waals surface area contributed by atoms with Crippen LogP contribution in [0.4, 0.5) is 0 Å².